The molecule has 2 aromatic rings. The summed E-state index contributed by atoms with van der Waals surface area (Å²) in [4.78, 5) is 25.5. The van der Waals surface area contributed by atoms with Crippen molar-refractivity contribution >= 4 is 5.91 Å². The lowest BCUT2D eigenvalue weighted by molar-refractivity contribution is -0.00410. The lowest BCUT2D eigenvalue weighted by Crippen LogP contribution is -2.40. The quantitative estimate of drug-likeness (QED) is 0.745. The van der Waals surface area contributed by atoms with Crippen molar-refractivity contribution in [2.24, 2.45) is 7.05 Å². The number of nitrogens with one attached hydrogen (secondary N) is 1. The number of hydrogen-bond donors (Lipinski definition) is 1. The van der Waals surface area contributed by atoms with Crippen molar-refractivity contribution in [1.82, 2.24) is 24.8 Å². The van der Waals surface area contributed by atoms with E-state index in [9.17, 15) is 4.79 Å². The first-order chi connectivity index (χ1) is 13.1. The molecule has 1 fully saturated rings. The molecule has 0 unspecified atom stereocenters. The number of ether oxygens (including phenoxy) is 2. The summed E-state index contributed by atoms with van der Waals surface area (Å²) in [6.07, 6.45) is 7.34. The molecule has 1 amide bonds. The van der Waals surface area contributed by atoms with Crippen molar-refractivity contribution < 1.29 is 14.3 Å². The summed E-state index contributed by atoms with van der Waals surface area (Å²) >= 11 is 0. The van der Waals surface area contributed by atoms with Crippen LogP contribution in [0, 0.1) is 6.92 Å². The van der Waals surface area contributed by atoms with E-state index >= 15 is 0 Å². The molecular weight excluding hydrogens is 346 g/mol. The molecule has 0 radical (unpaired) electrons. The summed E-state index contributed by atoms with van der Waals surface area (Å²) in [5.41, 5.74) is 2.30. The molecule has 3 rings (SSSR count). The van der Waals surface area contributed by atoms with Gasteiger partial charge < -0.3 is 19.4 Å². The monoisotopic (exact) mass is 373 g/mol. The molecule has 0 bridgehead atoms. The Morgan fingerprint density at radius 3 is 2.70 bits per heavy atom. The first-order valence-electron chi connectivity index (χ1n) is 9.30. The Hall–Kier alpha value is -2.32. The number of nitrogens with zero attached hydrogens (tertiary/aromatic N) is 4. The number of aryl methyl sites for hydroxylation is 2. The third kappa shape index (κ3) is 5.11. The van der Waals surface area contributed by atoms with Gasteiger partial charge in [0.15, 0.2) is 0 Å². The predicted octanol–water partition coefficient (Wildman–Crippen LogP) is 1.89. The Morgan fingerprint density at radius 1 is 1.26 bits per heavy atom. The van der Waals surface area contributed by atoms with Crippen LogP contribution in [0.15, 0.2) is 18.6 Å². The van der Waals surface area contributed by atoms with Gasteiger partial charge in [-0.3, -0.25) is 4.79 Å². The van der Waals surface area contributed by atoms with Crippen LogP contribution in [0.2, 0.25) is 0 Å². The molecule has 1 saturated carbocycles. The number of carbonyl (C=O) groups excluding carboxylic acids is 1. The van der Waals surface area contributed by atoms with Gasteiger partial charge in [0.05, 0.1) is 43.2 Å². The van der Waals surface area contributed by atoms with Crippen molar-refractivity contribution in [2.45, 2.75) is 44.8 Å². The number of hydrogen-bond acceptors (Lipinski definition) is 6. The van der Waals surface area contributed by atoms with Crippen LogP contribution in [0.5, 0.6) is 0 Å². The lowest BCUT2D eigenvalue weighted by atomic mass is 9.93. The average Bonchev–Trinajstić information content (AvgIpc) is 3.09. The zero-order valence-corrected chi connectivity index (χ0v) is 16.1. The normalized spacial score (nSPS) is 19.8. The molecule has 0 atom stereocenters. The van der Waals surface area contributed by atoms with E-state index < -0.39 is 0 Å². The fourth-order valence-electron chi connectivity index (χ4n) is 3.33. The van der Waals surface area contributed by atoms with Crippen LogP contribution in [0.3, 0.4) is 0 Å². The van der Waals surface area contributed by atoms with Gasteiger partial charge in [-0.15, -0.1) is 0 Å². The van der Waals surface area contributed by atoms with E-state index in [2.05, 4.69) is 20.3 Å². The van der Waals surface area contributed by atoms with Gasteiger partial charge in [0.1, 0.15) is 0 Å². The summed E-state index contributed by atoms with van der Waals surface area (Å²) in [6, 6.07) is 1.99. The molecular formula is C19H27N5O3. The summed E-state index contributed by atoms with van der Waals surface area (Å²) in [6.45, 7) is 3.09. The maximum atomic E-state index is 12.7. The minimum absolute atomic E-state index is 0.129. The molecule has 1 aliphatic carbocycles. The smallest absolute Gasteiger partial charge is 0.289 e. The van der Waals surface area contributed by atoms with Gasteiger partial charge in [0.25, 0.3) is 5.91 Å². The average molecular weight is 373 g/mol. The number of imidazole rings is 1. The van der Waals surface area contributed by atoms with Crippen molar-refractivity contribution in [3.8, 4) is 11.4 Å². The number of carbonyl (C=O) groups is 1. The van der Waals surface area contributed by atoms with E-state index in [0.717, 1.165) is 37.1 Å². The second-order valence-corrected chi connectivity index (χ2v) is 6.92. The van der Waals surface area contributed by atoms with Crippen LogP contribution >= 0.6 is 0 Å². The second-order valence-electron chi connectivity index (χ2n) is 6.92. The standard InChI is InChI=1S/C19H27N5O3/c1-13-10-16(17-11-20-12-24(17)2)23-18(21-13)19(25)22-14-4-6-15(7-5-14)27-9-8-26-3/h10-12,14-15H,4-9H2,1-3H3,(H,22,25)/t14-,15-. The maximum absolute atomic E-state index is 12.7. The van der Waals surface area contributed by atoms with E-state index in [4.69, 9.17) is 9.47 Å². The zero-order valence-electron chi connectivity index (χ0n) is 16.1. The molecule has 0 spiro atoms. The number of amides is 1. The van der Waals surface area contributed by atoms with Crippen LogP contribution in [0.25, 0.3) is 11.4 Å². The van der Waals surface area contributed by atoms with Gasteiger partial charge >= 0.3 is 0 Å². The SMILES string of the molecule is COCCO[C@H]1CC[C@H](NC(=O)c2nc(C)cc(-c3cncn3C)n2)CC1. The number of methoxy groups -OCH3 is 1. The van der Waals surface area contributed by atoms with Crippen LogP contribution < -0.4 is 5.32 Å². The molecule has 1 aliphatic rings. The van der Waals surface area contributed by atoms with Crippen LogP contribution in [0.4, 0.5) is 0 Å². The third-order valence-corrected chi connectivity index (χ3v) is 4.79. The molecule has 0 aromatic carbocycles. The first kappa shape index (κ1) is 19.4. The summed E-state index contributed by atoms with van der Waals surface area (Å²) < 4.78 is 12.7. The summed E-state index contributed by atoms with van der Waals surface area (Å²) in [5.74, 6) is -0.0319. The fourth-order valence-corrected chi connectivity index (χ4v) is 3.33. The van der Waals surface area contributed by atoms with E-state index in [1.165, 1.54) is 0 Å². The molecule has 2 heterocycles. The van der Waals surface area contributed by atoms with Crippen molar-refractivity contribution in [3.63, 3.8) is 0 Å². The predicted molar refractivity (Wildman–Crippen MR) is 100 cm³/mol. The highest BCUT2D eigenvalue weighted by Crippen LogP contribution is 2.22. The maximum Gasteiger partial charge on any atom is 0.289 e. The van der Waals surface area contributed by atoms with E-state index in [-0.39, 0.29) is 23.9 Å². The molecule has 2 aromatic heterocycles. The second kappa shape index (κ2) is 9.05. The minimum Gasteiger partial charge on any atom is -0.382 e. The molecule has 0 aliphatic heterocycles. The summed E-state index contributed by atoms with van der Waals surface area (Å²) in [7, 11) is 3.57. The highest BCUT2D eigenvalue weighted by Gasteiger charge is 2.24. The third-order valence-electron chi connectivity index (χ3n) is 4.79. The van der Waals surface area contributed by atoms with Gasteiger partial charge in [0, 0.05) is 25.9 Å². The Labute approximate surface area is 159 Å². The van der Waals surface area contributed by atoms with Gasteiger partial charge in [-0.2, -0.15) is 0 Å². The topological polar surface area (TPSA) is 91.2 Å². The fraction of sp³-hybridized carbons (Fsp3) is 0.579. The van der Waals surface area contributed by atoms with Gasteiger partial charge in [-0.05, 0) is 38.7 Å². The molecule has 146 valence electrons. The minimum atomic E-state index is -0.231. The lowest BCUT2D eigenvalue weighted by Gasteiger charge is -2.29. The van der Waals surface area contributed by atoms with Crippen LogP contribution in [-0.4, -0.2) is 57.9 Å². The van der Waals surface area contributed by atoms with E-state index in [1.54, 1.807) is 19.6 Å². The first-order valence-corrected chi connectivity index (χ1v) is 9.30. The summed E-state index contributed by atoms with van der Waals surface area (Å²) in [5, 5.41) is 3.07. The van der Waals surface area contributed by atoms with Gasteiger partial charge in [-0.25, -0.2) is 15.0 Å². The highest BCUT2D eigenvalue weighted by molar-refractivity contribution is 5.91. The van der Waals surface area contributed by atoms with Crippen LogP contribution in [0.1, 0.15) is 42.0 Å². The van der Waals surface area contributed by atoms with Crippen LogP contribution in [-0.2, 0) is 16.5 Å². The largest absolute Gasteiger partial charge is 0.382 e. The molecule has 0 saturated heterocycles. The van der Waals surface area contributed by atoms with Gasteiger partial charge in [0.2, 0.25) is 5.82 Å². The molecule has 27 heavy (non-hydrogen) atoms. The Bertz CT molecular complexity index is 768. The van der Waals surface area contributed by atoms with Gasteiger partial charge in [-0.1, -0.05) is 0 Å². The molecule has 8 nitrogen and oxygen atoms in total. The van der Waals surface area contributed by atoms with Crippen molar-refractivity contribution in [2.75, 3.05) is 20.3 Å². The zero-order chi connectivity index (χ0) is 19.2. The Kier molecular flexibility index (Phi) is 6.52. The van der Waals surface area contributed by atoms with E-state index in [0.29, 0.717) is 18.9 Å². The van der Waals surface area contributed by atoms with E-state index in [1.807, 2.05) is 24.6 Å². The number of aromatic nitrogens is 4. The number of rotatable bonds is 7. The molecule has 8 heteroatoms. The Balaban J connectivity index is 1.59. The van der Waals surface area contributed by atoms with Crippen molar-refractivity contribution in [3.05, 3.63) is 30.1 Å². The molecule has 1 N–H and O–H groups in total. The highest BCUT2D eigenvalue weighted by atomic mass is 16.5. The van der Waals surface area contributed by atoms with Crippen molar-refractivity contribution in [1.29, 1.82) is 0 Å². The Morgan fingerprint density at radius 2 is 2.04 bits per heavy atom.